The number of sulfonamides is 1. The summed E-state index contributed by atoms with van der Waals surface area (Å²) in [6, 6.07) is 10.3. The highest BCUT2D eigenvalue weighted by Gasteiger charge is 2.22. The maximum atomic E-state index is 12.4. The molecule has 2 N–H and O–H groups in total. The zero-order valence-corrected chi connectivity index (χ0v) is 14.3. The average Bonchev–Trinajstić information content (AvgIpc) is 2.86. The maximum absolute atomic E-state index is 12.4. The zero-order chi connectivity index (χ0) is 15.6. The lowest BCUT2D eigenvalue weighted by Crippen LogP contribution is -2.26. The molecule has 4 nitrogen and oxygen atoms in total. The molecule has 2 rings (SSSR count). The molecule has 1 heterocycles. The Morgan fingerprint density at radius 1 is 1.38 bits per heavy atom. The number of rotatable bonds is 5. The van der Waals surface area contributed by atoms with Crippen LogP contribution in [-0.2, 0) is 16.6 Å². The summed E-state index contributed by atoms with van der Waals surface area (Å²) in [5.41, 5.74) is 7.11. The van der Waals surface area contributed by atoms with Gasteiger partial charge in [0.05, 0.1) is 4.34 Å². The average molecular weight is 361 g/mol. The molecule has 0 unspecified atom stereocenters. The molecule has 0 saturated heterocycles. The van der Waals surface area contributed by atoms with E-state index in [-0.39, 0.29) is 15.7 Å². The number of benzene rings is 1. The summed E-state index contributed by atoms with van der Waals surface area (Å²) in [4.78, 5) is 0.285. The molecule has 0 saturated carbocycles. The van der Waals surface area contributed by atoms with Gasteiger partial charge in [0.2, 0.25) is 0 Å². The van der Waals surface area contributed by atoms with E-state index in [4.69, 9.17) is 29.6 Å². The molecular formula is C13H13ClN2O2S3. The van der Waals surface area contributed by atoms with Gasteiger partial charge >= 0.3 is 0 Å². The topological polar surface area (TPSA) is 63.4 Å². The van der Waals surface area contributed by atoms with Crippen molar-refractivity contribution in [3.05, 3.63) is 51.9 Å². The Labute approximate surface area is 138 Å². The first-order chi connectivity index (χ1) is 9.80. The number of thiophene rings is 1. The highest BCUT2D eigenvalue weighted by atomic mass is 35.5. The minimum Gasteiger partial charge on any atom is -0.389 e. The van der Waals surface area contributed by atoms with Crippen LogP contribution in [-0.4, -0.2) is 24.8 Å². The zero-order valence-electron chi connectivity index (χ0n) is 11.1. The Bertz CT molecular complexity index is 771. The Morgan fingerprint density at radius 2 is 2.10 bits per heavy atom. The molecule has 0 aliphatic heterocycles. The van der Waals surface area contributed by atoms with Gasteiger partial charge in [-0.05, 0) is 23.8 Å². The van der Waals surface area contributed by atoms with Gasteiger partial charge in [-0.2, -0.15) is 4.31 Å². The van der Waals surface area contributed by atoms with Gasteiger partial charge in [0.25, 0.3) is 10.0 Å². The molecular weight excluding hydrogens is 348 g/mol. The van der Waals surface area contributed by atoms with Crippen LogP contribution in [0.3, 0.4) is 0 Å². The molecule has 1 aromatic carbocycles. The summed E-state index contributed by atoms with van der Waals surface area (Å²) < 4.78 is 26.7. The minimum absolute atomic E-state index is 0.223. The number of halogens is 1. The van der Waals surface area contributed by atoms with E-state index in [1.807, 2.05) is 6.07 Å². The van der Waals surface area contributed by atoms with Crippen LogP contribution in [0.5, 0.6) is 0 Å². The normalized spacial score (nSPS) is 11.8. The second-order valence-electron chi connectivity index (χ2n) is 4.38. The fraction of sp³-hybridized carbons (Fsp3) is 0.154. The van der Waals surface area contributed by atoms with E-state index in [9.17, 15) is 8.42 Å². The quantitative estimate of drug-likeness (QED) is 0.833. The third kappa shape index (κ3) is 3.81. The predicted octanol–water partition coefficient (Wildman–Crippen LogP) is 2.86. The summed E-state index contributed by atoms with van der Waals surface area (Å²) in [5.74, 6) is 0. The Kier molecular flexibility index (Phi) is 5.00. The van der Waals surface area contributed by atoms with Crippen molar-refractivity contribution in [1.29, 1.82) is 0 Å². The van der Waals surface area contributed by atoms with Crippen molar-refractivity contribution >= 4 is 50.2 Å². The molecule has 21 heavy (non-hydrogen) atoms. The van der Waals surface area contributed by atoms with E-state index in [2.05, 4.69) is 0 Å². The van der Waals surface area contributed by atoms with Crippen LogP contribution < -0.4 is 5.73 Å². The van der Waals surface area contributed by atoms with E-state index in [1.54, 1.807) is 24.3 Å². The van der Waals surface area contributed by atoms with E-state index in [0.29, 0.717) is 9.90 Å². The minimum atomic E-state index is -3.55. The summed E-state index contributed by atoms with van der Waals surface area (Å²) >= 11 is 11.8. The molecule has 0 fully saturated rings. The summed E-state index contributed by atoms with van der Waals surface area (Å²) in [6.07, 6.45) is 0. The Hall–Kier alpha value is -0.990. The van der Waals surface area contributed by atoms with Crippen LogP contribution in [0.2, 0.25) is 4.34 Å². The second-order valence-corrected chi connectivity index (χ2v) is 8.81. The third-order valence-corrected chi connectivity index (χ3v) is 6.57. The Morgan fingerprint density at radius 3 is 2.67 bits per heavy atom. The SMILES string of the molecule is CN(Cc1cccc(C(N)=S)c1)S(=O)(=O)c1ccc(Cl)s1. The number of nitrogens with zero attached hydrogens (tertiary/aromatic N) is 1. The molecule has 2 aromatic rings. The molecule has 112 valence electrons. The van der Waals surface area contributed by atoms with Gasteiger partial charge in [-0.3, -0.25) is 0 Å². The van der Waals surface area contributed by atoms with Gasteiger partial charge in [-0.1, -0.05) is 42.0 Å². The Balaban J connectivity index is 2.23. The first-order valence-electron chi connectivity index (χ1n) is 5.91. The highest BCUT2D eigenvalue weighted by Crippen LogP contribution is 2.28. The van der Waals surface area contributed by atoms with Gasteiger partial charge in [0, 0.05) is 19.2 Å². The molecule has 0 atom stereocenters. The molecule has 8 heteroatoms. The van der Waals surface area contributed by atoms with Crippen molar-refractivity contribution in [3.8, 4) is 0 Å². The van der Waals surface area contributed by atoms with Crippen LogP contribution in [0, 0.1) is 0 Å². The molecule has 0 aliphatic rings. The van der Waals surface area contributed by atoms with Gasteiger partial charge < -0.3 is 5.73 Å². The number of hydrogen-bond acceptors (Lipinski definition) is 4. The predicted molar refractivity (Wildman–Crippen MR) is 90.3 cm³/mol. The summed E-state index contributed by atoms with van der Waals surface area (Å²) in [6.45, 7) is 0.230. The van der Waals surface area contributed by atoms with Crippen molar-refractivity contribution in [1.82, 2.24) is 4.31 Å². The van der Waals surface area contributed by atoms with Gasteiger partial charge in [-0.25, -0.2) is 8.42 Å². The lowest BCUT2D eigenvalue weighted by Gasteiger charge is -2.16. The second kappa shape index (κ2) is 6.41. The monoisotopic (exact) mass is 360 g/mol. The molecule has 1 aromatic heterocycles. The fourth-order valence-electron chi connectivity index (χ4n) is 1.75. The summed E-state index contributed by atoms with van der Waals surface area (Å²) in [5, 5.41) is 0. The lowest BCUT2D eigenvalue weighted by molar-refractivity contribution is 0.468. The fourth-order valence-corrected chi connectivity index (χ4v) is 4.73. The van der Waals surface area contributed by atoms with E-state index >= 15 is 0 Å². The summed E-state index contributed by atoms with van der Waals surface area (Å²) in [7, 11) is -2.02. The van der Waals surface area contributed by atoms with Gasteiger partial charge in [-0.15, -0.1) is 11.3 Å². The van der Waals surface area contributed by atoms with Crippen LogP contribution in [0.25, 0.3) is 0 Å². The molecule has 0 amide bonds. The van der Waals surface area contributed by atoms with Crippen molar-refractivity contribution < 1.29 is 8.42 Å². The lowest BCUT2D eigenvalue weighted by atomic mass is 10.1. The van der Waals surface area contributed by atoms with Crippen LogP contribution >= 0.6 is 35.2 Å². The van der Waals surface area contributed by atoms with E-state index < -0.39 is 10.0 Å². The molecule has 0 bridgehead atoms. The maximum Gasteiger partial charge on any atom is 0.252 e. The van der Waals surface area contributed by atoms with Gasteiger partial charge in [0.1, 0.15) is 9.20 Å². The highest BCUT2D eigenvalue weighted by molar-refractivity contribution is 7.91. The van der Waals surface area contributed by atoms with Gasteiger partial charge in [0.15, 0.2) is 0 Å². The first kappa shape index (κ1) is 16.4. The van der Waals surface area contributed by atoms with Crippen molar-refractivity contribution in [2.75, 3.05) is 7.05 Å². The number of thiocarbonyl (C=S) groups is 1. The van der Waals surface area contributed by atoms with Crippen molar-refractivity contribution in [2.45, 2.75) is 10.8 Å². The standard InChI is InChI=1S/C13H13ClN2O2S3/c1-16(21(17,18)12-6-5-11(14)20-12)8-9-3-2-4-10(7-9)13(15)19/h2-7H,8H2,1H3,(H2,15,19). The van der Waals surface area contributed by atoms with E-state index in [0.717, 1.165) is 16.9 Å². The number of nitrogens with two attached hydrogens (primary N) is 1. The van der Waals surface area contributed by atoms with Crippen LogP contribution in [0.1, 0.15) is 11.1 Å². The van der Waals surface area contributed by atoms with Crippen LogP contribution in [0.4, 0.5) is 0 Å². The largest absolute Gasteiger partial charge is 0.389 e. The molecule has 0 spiro atoms. The van der Waals surface area contributed by atoms with E-state index in [1.165, 1.54) is 17.4 Å². The number of hydrogen-bond donors (Lipinski definition) is 1. The third-order valence-electron chi connectivity index (χ3n) is 2.83. The van der Waals surface area contributed by atoms with Crippen molar-refractivity contribution in [3.63, 3.8) is 0 Å². The smallest absolute Gasteiger partial charge is 0.252 e. The molecule has 0 radical (unpaired) electrons. The molecule has 0 aliphatic carbocycles. The first-order valence-corrected chi connectivity index (χ1v) is 8.95. The van der Waals surface area contributed by atoms with Crippen molar-refractivity contribution in [2.24, 2.45) is 5.73 Å². The van der Waals surface area contributed by atoms with Crippen LogP contribution in [0.15, 0.2) is 40.6 Å².